The minimum absolute atomic E-state index is 0.00132. The Morgan fingerprint density at radius 2 is 1.71 bits per heavy atom. The zero-order valence-electron chi connectivity index (χ0n) is 19.1. The van der Waals surface area contributed by atoms with Crippen molar-refractivity contribution in [2.24, 2.45) is 5.92 Å². The van der Waals surface area contributed by atoms with E-state index in [1.807, 2.05) is 31.2 Å². The van der Waals surface area contributed by atoms with Crippen molar-refractivity contribution >= 4 is 27.3 Å². The number of benzene rings is 1. The monoisotopic (exact) mass is 451 g/mol. The number of sulfone groups is 1. The lowest BCUT2D eigenvalue weighted by atomic mass is 9.96. The first-order valence-corrected chi connectivity index (χ1v) is 13.2. The Labute approximate surface area is 187 Å². The van der Waals surface area contributed by atoms with Crippen LogP contribution in [0.25, 0.3) is 0 Å². The molecule has 1 aliphatic heterocycles. The molecule has 1 fully saturated rings. The molecule has 7 heteroatoms. The van der Waals surface area contributed by atoms with Crippen LogP contribution in [0.15, 0.2) is 24.3 Å². The molecular formula is C24H37NO5S. The van der Waals surface area contributed by atoms with E-state index in [0.717, 1.165) is 50.0 Å². The van der Waals surface area contributed by atoms with E-state index in [0.29, 0.717) is 25.9 Å². The van der Waals surface area contributed by atoms with Crippen molar-refractivity contribution in [2.75, 3.05) is 30.3 Å². The van der Waals surface area contributed by atoms with Crippen molar-refractivity contribution in [3.63, 3.8) is 0 Å². The van der Waals surface area contributed by atoms with E-state index >= 15 is 0 Å². The molecule has 0 N–H and O–H groups in total. The highest BCUT2D eigenvalue weighted by Crippen LogP contribution is 2.24. The molecule has 174 valence electrons. The number of carbonyl (C=O) groups is 2. The summed E-state index contributed by atoms with van der Waals surface area (Å²) in [7, 11) is -2.98. The molecule has 6 nitrogen and oxygen atoms in total. The van der Waals surface area contributed by atoms with Gasteiger partial charge in [-0.25, -0.2) is 8.42 Å². The molecule has 1 aliphatic rings. The minimum Gasteiger partial charge on any atom is -0.466 e. The van der Waals surface area contributed by atoms with E-state index in [-0.39, 0.29) is 28.7 Å². The van der Waals surface area contributed by atoms with Crippen molar-refractivity contribution in [1.29, 1.82) is 0 Å². The topological polar surface area (TPSA) is 80.8 Å². The summed E-state index contributed by atoms with van der Waals surface area (Å²) in [5, 5.41) is -0.332. The van der Waals surface area contributed by atoms with Crippen LogP contribution in [0.1, 0.15) is 64.9 Å². The molecule has 2 rings (SSSR count). The van der Waals surface area contributed by atoms with Gasteiger partial charge in [0, 0.05) is 31.6 Å². The van der Waals surface area contributed by atoms with Crippen LogP contribution in [0.2, 0.25) is 0 Å². The molecule has 0 aromatic heterocycles. The van der Waals surface area contributed by atoms with E-state index in [1.165, 1.54) is 0 Å². The summed E-state index contributed by atoms with van der Waals surface area (Å²) in [6.07, 6.45) is 4.63. The highest BCUT2D eigenvalue weighted by atomic mass is 32.2. The summed E-state index contributed by atoms with van der Waals surface area (Å²) in [4.78, 5) is 26.4. The maximum Gasteiger partial charge on any atom is 0.309 e. The molecule has 31 heavy (non-hydrogen) atoms. The smallest absolute Gasteiger partial charge is 0.309 e. The Balaban J connectivity index is 1.70. The highest BCUT2D eigenvalue weighted by Gasteiger charge is 2.26. The molecule has 1 aromatic rings. The molecular weight excluding hydrogens is 414 g/mol. The number of hydrogen-bond donors (Lipinski definition) is 0. The van der Waals surface area contributed by atoms with E-state index in [4.69, 9.17) is 4.74 Å². The van der Waals surface area contributed by atoms with Crippen molar-refractivity contribution in [3.8, 4) is 0 Å². The molecule has 1 aromatic carbocycles. The largest absolute Gasteiger partial charge is 0.466 e. The summed E-state index contributed by atoms with van der Waals surface area (Å²) < 4.78 is 28.7. The standard InChI is InChI=1S/C24H37NO5S/c1-4-30-24(27)21-13-15-25(16-14-21)22-11-9-20(10-12-22)18-23(26)8-6-5-7-17-31(28,29)19(2)3/h9-12,19,21H,4-8,13-18H2,1-3H3. The summed E-state index contributed by atoms with van der Waals surface area (Å²) in [6.45, 7) is 7.33. The normalized spacial score (nSPS) is 15.3. The third-order valence-electron chi connectivity index (χ3n) is 5.92. The second-order valence-electron chi connectivity index (χ2n) is 8.62. The molecule has 0 saturated carbocycles. The maximum atomic E-state index is 12.2. The Hall–Kier alpha value is -1.89. The van der Waals surface area contributed by atoms with Crippen LogP contribution < -0.4 is 4.90 Å². The summed E-state index contributed by atoms with van der Waals surface area (Å²) >= 11 is 0. The maximum absolute atomic E-state index is 12.2. The van der Waals surface area contributed by atoms with Gasteiger partial charge in [0.05, 0.1) is 23.5 Å². The van der Waals surface area contributed by atoms with Crippen molar-refractivity contribution in [3.05, 3.63) is 29.8 Å². The van der Waals surface area contributed by atoms with Gasteiger partial charge >= 0.3 is 5.97 Å². The summed E-state index contributed by atoms with van der Waals surface area (Å²) in [5.41, 5.74) is 2.11. The van der Waals surface area contributed by atoms with Crippen LogP contribution in [0.3, 0.4) is 0 Å². The number of rotatable bonds is 12. The number of esters is 1. The van der Waals surface area contributed by atoms with Gasteiger partial charge in [0.1, 0.15) is 5.78 Å². The van der Waals surface area contributed by atoms with Gasteiger partial charge in [0.15, 0.2) is 9.84 Å². The quantitative estimate of drug-likeness (QED) is 0.353. The van der Waals surface area contributed by atoms with Crippen LogP contribution in [0.5, 0.6) is 0 Å². The number of piperidine rings is 1. The molecule has 0 spiro atoms. The average molecular weight is 452 g/mol. The fourth-order valence-electron chi connectivity index (χ4n) is 3.81. The number of hydrogen-bond acceptors (Lipinski definition) is 6. The fourth-order valence-corrected chi connectivity index (χ4v) is 4.89. The van der Waals surface area contributed by atoms with Crippen LogP contribution >= 0.6 is 0 Å². The summed E-state index contributed by atoms with van der Waals surface area (Å²) in [5.74, 6) is 0.308. The first-order chi connectivity index (χ1) is 14.7. The van der Waals surface area contributed by atoms with Crippen LogP contribution in [-0.4, -0.2) is 50.9 Å². The molecule has 0 bridgehead atoms. The van der Waals surface area contributed by atoms with Gasteiger partial charge in [-0.1, -0.05) is 18.6 Å². The number of anilines is 1. The lowest BCUT2D eigenvalue weighted by Gasteiger charge is -2.32. The molecule has 0 aliphatic carbocycles. The predicted molar refractivity (Wildman–Crippen MR) is 124 cm³/mol. The Morgan fingerprint density at radius 3 is 2.29 bits per heavy atom. The number of unbranched alkanes of at least 4 members (excludes halogenated alkanes) is 2. The average Bonchev–Trinajstić information content (AvgIpc) is 2.74. The van der Waals surface area contributed by atoms with Gasteiger partial charge < -0.3 is 9.64 Å². The van der Waals surface area contributed by atoms with E-state index in [1.54, 1.807) is 13.8 Å². The van der Waals surface area contributed by atoms with Gasteiger partial charge in [-0.15, -0.1) is 0 Å². The lowest BCUT2D eigenvalue weighted by molar-refractivity contribution is -0.148. The number of nitrogens with zero attached hydrogens (tertiary/aromatic N) is 1. The van der Waals surface area contributed by atoms with Crippen molar-refractivity contribution in [2.45, 2.75) is 71.0 Å². The molecule has 1 heterocycles. The minimum atomic E-state index is -2.98. The third-order valence-corrected chi connectivity index (χ3v) is 8.21. The molecule has 0 radical (unpaired) electrons. The van der Waals surface area contributed by atoms with E-state index < -0.39 is 9.84 Å². The summed E-state index contributed by atoms with van der Waals surface area (Å²) in [6, 6.07) is 8.09. The van der Waals surface area contributed by atoms with Gasteiger partial charge in [-0.05, 0) is 64.2 Å². The number of Topliss-reactive ketones (excluding diaryl/α,β-unsaturated/α-hetero) is 1. The van der Waals surface area contributed by atoms with Gasteiger partial charge in [-0.3, -0.25) is 9.59 Å². The van der Waals surface area contributed by atoms with Crippen molar-refractivity contribution in [1.82, 2.24) is 0 Å². The first-order valence-electron chi connectivity index (χ1n) is 11.5. The second kappa shape index (κ2) is 12.2. The zero-order valence-corrected chi connectivity index (χ0v) is 20.0. The molecule has 0 atom stereocenters. The van der Waals surface area contributed by atoms with Gasteiger partial charge in [0.25, 0.3) is 0 Å². The van der Waals surface area contributed by atoms with Crippen LogP contribution in [0, 0.1) is 5.92 Å². The predicted octanol–water partition coefficient (Wildman–Crippen LogP) is 3.96. The zero-order chi connectivity index (χ0) is 22.9. The molecule has 0 unspecified atom stereocenters. The van der Waals surface area contributed by atoms with Crippen LogP contribution in [-0.2, 0) is 30.6 Å². The number of carbonyl (C=O) groups excluding carboxylic acids is 2. The third kappa shape index (κ3) is 8.28. The molecule has 0 amide bonds. The second-order valence-corrected chi connectivity index (χ2v) is 11.3. The first kappa shape index (κ1) is 25.4. The van der Waals surface area contributed by atoms with Gasteiger partial charge in [0.2, 0.25) is 0 Å². The van der Waals surface area contributed by atoms with Gasteiger partial charge in [-0.2, -0.15) is 0 Å². The van der Waals surface area contributed by atoms with E-state index in [9.17, 15) is 18.0 Å². The van der Waals surface area contributed by atoms with Crippen molar-refractivity contribution < 1.29 is 22.7 Å². The van der Waals surface area contributed by atoms with E-state index in [2.05, 4.69) is 4.90 Å². The number of ketones is 1. The fraction of sp³-hybridized carbons (Fsp3) is 0.667. The Kier molecular flexibility index (Phi) is 10.0. The highest BCUT2D eigenvalue weighted by molar-refractivity contribution is 7.91. The van der Waals surface area contributed by atoms with Crippen LogP contribution in [0.4, 0.5) is 5.69 Å². The Morgan fingerprint density at radius 1 is 1.06 bits per heavy atom. The molecule has 1 saturated heterocycles. The Bertz CT molecular complexity index is 809. The SMILES string of the molecule is CCOC(=O)C1CCN(c2ccc(CC(=O)CCCCCS(=O)(=O)C(C)C)cc2)CC1. The number of ether oxygens (including phenoxy) is 1. The lowest BCUT2D eigenvalue weighted by Crippen LogP contribution is -2.36.